The first-order valence-corrected chi connectivity index (χ1v) is 12.1. The third kappa shape index (κ3) is 4.98. The summed E-state index contributed by atoms with van der Waals surface area (Å²) in [5.74, 6) is 0.0116. The van der Waals surface area contributed by atoms with Crippen molar-refractivity contribution in [3.05, 3.63) is 120 Å². The minimum Gasteiger partial charge on any atom is -0.350 e. The van der Waals surface area contributed by atoms with Gasteiger partial charge in [0, 0.05) is 28.8 Å². The van der Waals surface area contributed by atoms with Gasteiger partial charge in [-0.2, -0.15) is 0 Å². The molecule has 0 aliphatic carbocycles. The molecule has 174 valence electrons. The predicted octanol–water partition coefficient (Wildman–Crippen LogP) is 7.13. The second kappa shape index (κ2) is 10.2. The van der Waals surface area contributed by atoms with E-state index in [0.717, 1.165) is 39.3 Å². The van der Waals surface area contributed by atoms with Gasteiger partial charge in [-0.05, 0) is 42.7 Å². The van der Waals surface area contributed by atoms with Crippen LogP contribution in [0, 0.1) is 0 Å². The lowest BCUT2D eigenvalue weighted by atomic mass is 10.1. The van der Waals surface area contributed by atoms with Gasteiger partial charge in [-0.15, -0.1) is 0 Å². The normalized spacial score (nSPS) is 11.9. The fraction of sp³-hybridized carbons (Fsp3) is 0.133. The Morgan fingerprint density at radius 2 is 1.57 bits per heavy atom. The van der Waals surface area contributed by atoms with E-state index in [0.29, 0.717) is 17.9 Å². The predicted molar refractivity (Wildman–Crippen MR) is 142 cm³/mol. The Balaban J connectivity index is 1.47. The molecule has 0 saturated heterocycles. The maximum absolute atomic E-state index is 12.9. The molecular weight excluding hydrogens is 454 g/mol. The first-order valence-electron chi connectivity index (χ1n) is 11.8. The largest absolute Gasteiger partial charge is 0.350 e. The lowest BCUT2D eigenvalue weighted by Crippen LogP contribution is -2.26. The van der Waals surface area contributed by atoms with Gasteiger partial charge in [-0.3, -0.25) is 4.79 Å². The number of halogens is 1. The summed E-state index contributed by atoms with van der Waals surface area (Å²) in [5, 5.41) is 3.82. The van der Waals surface area contributed by atoms with Crippen molar-refractivity contribution in [2.75, 3.05) is 0 Å². The third-order valence-electron chi connectivity index (χ3n) is 6.22. The summed E-state index contributed by atoms with van der Waals surface area (Å²) in [4.78, 5) is 17.8. The summed E-state index contributed by atoms with van der Waals surface area (Å²) in [6, 6.07) is 31.9. The molecule has 4 nitrogen and oxygen atoms in total. The number of fused-ring (bicyclic) bond motifs is 1. The van der Waals surface area contributed by atoms with Crippen LogP contribution in [0.3, 0.4) is 0 Å². The minimum atomic E-state index is -0.0497. The number of pyridine rings is 1. The molecule has 0 spiro atoms. The number of aryl methyl sites for hydroxylation is 1. The lowest BCUT2D eigenvalue weighted by Gasteiger charge is -2.14. The van der Waals surface area contributed by atoms with E-state index in [2.05, 4.69) is 28.0 Å². The molecule has 1 N–H and O–H groups in total. The van der Waals surface area contributed by atoms with Crippen molar-refractivity contribution in [3.63, 3.8) is 0 Å². The van der Waals surface area contributed by atoms with Crippen molar-refractivity contribution in [1.29, 1.82) is 0 Å². The molecule has 2 heterocycles. The molecule has 5 rings (SSSR count). The Morgan fingerprint density at radius 3 is 2.31 bits per heavy atom. The maximum atomic E-state index is 12.9. The number of hydrogen-bond acceptors (Lipinski definition) is 2. The maximum Gasteiger partial charge on any atom is 0.220 e. The van der Waals surface area contributed by atoms with Gasteiger partial charge in [0.05, 0.1) is 17.4 Å². The van der Waals surface area contributed by atoms with Crippen molar-refractivity contribution >= 4 is 23.2 Å². The van der Waals surface area contributed by atoms with Crippen LogP contribution in [0.25, 0.3) is 28.0 Å². The molecular formula is C30H26ClN3O. The van der Waals surface area contributed by atoms with Gasteiger partial charge in [0.1, 0.15) is 5.65 Å². The minimum absolute atomic E-state index is 0.0116. The first kappa shape index (κ1) is 22.9. The number of carbonyl (C=O) groups is 1. The Morgan fingerprint density at radius 1 is 0.886 bits per heavy atom. The Bertz CT molecular complexity index is 1460. The highest BCUT2D eigenvalue weighted by atomic mass is 35.5. The monoisotopic (exact) mass is 479 g/mol. The summed E-state index contributed by atoms with van der Waals surface area (Å²) in [6.07, 6.45) is 2.99. The molecule has 2 aromatic heterocycles. The van der Waals surface area contributed by atoms with Gasteiger partial charge in [0.15, 0.2) is 0 Å². The Hall–Kier alpha value is -3.89. The van der Waals surface area contributed by atoms with Gasteiger partial charge < -0.3 is 9.72 Å². The van der Waals surface area contributed by atoms with E-state index >= 15 is 0 Å². The molecule has 1 amide bonds. The summed E-state index contributed by atoms with van der Waals surface area (Å²) < 4.78 is 2.09. The Labute approximate surface area is 210 Å². The third-order valence-corrected chi connectivity index (χ3v) is 6.55. The van der Waals surface area contributed by atoms with Crippen LogP contribution in [0.15, 0.2) is 103 Å². The second-order valence-corrected chi connectivity index (χ2v) is 9.01. The molecule has 0 aliphatic heterocycles. The zero-order valence-corrected chi connectivity index (χ0v) is 20.2. The van der Waals surface area contributed by atoms with Crippen molar-refractivity contribution in [2.45, 2.75) is 25.8 Å². The quantitative estimate of drug-likeness (QED) is 0.270. The lowest BCUT2D eigenvalue weighted by molar-refractivity contribution is -0.121. The average molecular weight is 480 g/mol. The first-order chi connectivity index (χ1) is 17.1. The van der Waals surface area contributed by atoms with Crippen molar-refractivity contribution in [1.82, 2.24) is 14.7 Å². The van der Waals surface area contributed by atoms with Crippen LogP contribution in [0.4, 0.5) is 0 Å². The zero-order chi connectivity index (χ0) is 24.2. The fourth-order valence-electron chi connectivity index (χ4n) is 4.38. The number of nitrogens with one attached hydrogen (secondary N) is 1. The number of benzene rings is 3. The average Bonchev–Trinajstić information content (AvgIpc) is 3.26. The number of rotatable bonds is 7. The van der Waals surface area contributed by atoms with Crippen molar-refractivity contribution < 1.29 is 4.79 Å². The number of amides is 1. The highest BCUT2D eigenvalue weighted by Gasteiger charge is 2.17. The van der Waals surface area contributed by atoms with E-state index in [1.807, 2.05) is 91.9 Å². The van der Waals surface area contributed by atoms with Crippen LogP contribution in [-0.4, -0.2) is 15.3 Å². The Kier molecular flexibility index (Phi) is 6.64. The van der Waals surface area contributed by atoms with Crippen LogP contribution in [0.2, 0.25) is 5.02 Å². The number of nitrogens with zero attached hydrogens (tertiary/aromatic N) is 2. The van der Waals surface area contributed by atoms with Gasteiger partial charge in [0.2, 0.25) is 5.91 Å². The zero-order valence-electron chi connectivity index (χ0n) is 19.5. The molecule has 0 unspecified atom stereocenters. The number of aromatic nitrogens is 2. The second-order valence-electron chi connectivity index (χ2n) is 8.60. The summed E-state index contributed by atoms with van der Waals surface area (Å²) in [6.45, 7) is 2.01. The topological polar surface area (TPSA) is 46.4 Å². The number of hydrogen-bond donors (Lipinski definition) is 1. The fourth-order valence-corrected chi connectivity index (χ4v) is 4.63. The van der Waals surface area contributed by atoms with Gasteiger partial charge >= 0.3 is 0 Å². The van der Waals surface area contributed by atoms with E-state index in [-0.39, 0.29) is 11.9 Å². The highest BCUT2D eigenvalue weighted by molar-refractivity contribution is 6.33. The van der Waals surface area contributed by atoms with Gasteiger partial charge in [0.25, 0.3) is 0 Å². The SMILES string of the molecule is C[C@@H](NC(=O)CCc1c(-c2ccccc2)nc2ccc(-c3ccccc3Cl)cn12)c1ccccc1. The molecule has 0 bridgehead atoms. The summed E-state index contributed by atoms with van der Waals surface area (Å²) in [5.41, 5.74) is 6.82. The van der Waals surface area contributed by atoms with E-state index in [4.69, 9.17) is 16.6 Å². The highest BCUT2D eigenvalue weighted by Crippen LogP contribution is 2.31. The van der Waals surface area contributed by atoms with Crippen molar-refractivity contribution in [3.8, 4) is 22.4 Å². The number of imidazole rings is 1. The number of carbonyl (C=O) groups excluding carboxylic acids is 1. The molecule has 0 saturated carbocycles. The van der Waals surface area contributed by atoms with E-state index in [9.17, 15) is 4.79 Å². The van der Waals surface area contributed by atoms with E-state index in [1.165, 1.54) is 0 Å². The van der Waals surface area contributed by atoms with Gasteiger partial charge in [-0.1, -0.05) is 90.5 Å². The van der Waals surface area contributed by atoms with Gasteiger partial charge in [-0.25, -0.2) is 4.98 Å². The summed E-state index contributed by atoms with van der Waals surface area (Å²) >= 11 is 6.47. The molecule has 0 radical (unpaired) electrons. The standard InChI is InChI=1S/C30H26ClN3O/c1-21(22-10-4-2-5-11-22)32-29(35)19-17-27-30(23-12-6-3-7-13-23)33-28-18-16-24(20-34(27)28)25-14-8-9-15-26(25)31/h2-16,18,20-21H,17,19H2,1H3,(H,32,35)/t21-/m1/s1. The molecule has 3 aromatic carbocycles. The van der Waals surface area contributed by atoms with E-state index < -0.39 is 0 Å². The molecule has 5 aromatic rings. The summed E-state index contributed by atoms with van der Waals surface area (Å²) in [7, 11) is 0. The van der Waals surface area contributed by atoms with Crippen LogP contribution < -0.4 is 5.32 Å². The van der Waals surface area contributed by atoms with Crippen LogP contribution in [0.1, 0.15) is 30.6 Å². The van der Waals surface area contributed by atoms with Crippen LogP contribution in [-0.2, 0) is 11.2 Å². The van der Waals surface area contributed by atoms with Crippen LogP contribution in [0.5, 0.6) is 0 Å². The molecule has 5 heteroatoms. The molecule has 1 atom stereocenters. The smallest absolute Gasteiger partial charge is 0.220 e. The molecule has 35 heavy (non-hydrogen) atoms. The van der Waals surface area contributed by atoms with E-state index in [1.54, 1.807) is 0 Å². The van der Waals surface area contributed by atoms with Crippen molar-refractivity contribution in [2.24, 2.45) is 0 Å². The molecule has 0 aliphatic rings. The molecule has 0 fully saturated rings. The van der Waals surface area contributed by atoms with Crippen LogP contribution >= 0.6 is 11.6 Å².